The Labute approximate surface area is 56.9 Å². The molecule has 0 atom stereocenters. The van der Waals surface area contributed by atoms with Crippen molar-refractivity contribution in [2.45, 2.75) is 6.42 Å². The number of rotatable bonds is 4. The van der Waals surface area contributed by atoms with E-state index < -0.39 is 0 Å². The summed E-state index contributed by atoms with van der Waals surface area (Å²) in [5.74, 6) is 0. The van der Waals surface area contributed by atoms with Crippen molar-refractivity contribution < 1.29 is 0 Å². The van der Waals surface area contributed by atoms with Gasteiger partial charge in [0.05, 0.1) is 0 Å². The van der Waals surface area contributed by atoms with Gasteiger partial charge in [-0.3, -0.25) is 0 Å². The normalized spacial score (nSPS) is 9.33. The van der Waals surface area contributed by atoms with Crippen molar-refractivity contribution in [2.24, 2.45) is 0 Å². The Kier molecular flexibility index (Phi) is 4.51. The molecule has 0 aromatic heterocycles. The summed E-state index contributed by atoms with van der Waals surface area (Å²) in [6.07, 6.45) is 8.38. The first-order valence-corrected chi connectivity index (χ1v) is 2.90. The predicted molar refractivity (Wildman–Crippen MR) is 43.3 cm³/mol. The molecule has 0 aliphatic heterocycles. The van der Waals surface area contributed by atoms with Crippen LogP contribution in [0.4, 0.5) is 0 Å². The fourth-order valence-corrected chi connectivity index (χ4v) is 0.384. The maximum Gasteiger partial charge on any atom is -0.0169 e. The maximum absolute atomic E-state index is 3.71. The third-order valence-corrected chi connectivity index (χ3v) is 0.897. The van der Waals surface area contributed by atoms with Crippen LogP contribution in [0.1, 0.15) is 6.42 Å². The number of hydrogen-bond acceptors (Lipinski definition) is 0. The van der Waals surface area contributed by atoms with Crippen LogP contribution in [0.15, 0.2) is 49.6 Å². The van der Waals surface area contributed by atoms with Gasteiger partial charge in [-0.2, -0.15) is 0 Å². The molecule has 0 unspecified atom stereocenters. The maximum atomic E-state index is 3.71. The molecule has 0 amide bonds. The van der Waals surface area contributed by atoms with Crippen LogP contribution in [-0.2, 0) is 0 Å². The Morgan fingerprint density at radius 3 is 2.44 bits per heavy atom. The zero-order valence-corrected chi connectivity index (χ0v) is 5.64. The largest absolute Gasteiger partial charge is 0.103 e. The molecule has 9 heavy (non-hydrogen) atoms. The van der Waals surface area contributed by atoms with E-state index in [0.717, 1.165) is 12.0 Å². The molecule has 0 heterocycles. The van der Waals surface area contributed by atoms with Gasteiger partial charge in [0.15, 0.2) is 0 Å². The molecule has 0 saturated heterocycles. The van der Waals surface area contributed by atoms with Crippen molar-refractivity contribution in [3.05, 3.63) is 49.6 Å². The van der Waals surface area contributed by atoms with Gasteiger partial charge in [0.1, 0.15) is 0 Å². The summed E-state index contributed by atoms with van der Waals surface area (Å²) >= 11 is 0. The predicted octanol–water partition coefficient (Wildman–Crippen LogP) is 2.86. The van der Waals surface area contributed by atoms with Crippen LogP contribution in [0.25, 0.3) is 0 Å². The standard InChI is InChI=1S/C9H12/c1-4-6-7-8-9(3)5-2/h4-5,7-8H,1-3,6H2/b8-7-. The highest BCUT2D eigenvalue weighted by atomic mass is 13.8. The second-order valence-corrected chi connectivity index (χ2v) is 1.71. The van der Waals surface area contributed by atoms with E-state index in [1.807, 2.05) is 18.2 Å². The van der Waals surface area contributed by atoms with E-state index in [-0.39, 0.29) is 0 Å². The second kappa shape index (κ2) is 5.10. The molecule has 0 aromatic rings. The lowest BCUT2D eigenvalue weighted by Crippen LogP contribution is -1.62. The Morgan fingerprint density at radius 2 is 2.00 bits per heavy atom. The molecule has 0 heteroatoms. The molecule has 0 aliphatic rings. The van der Waals surface area contributed by atoms with E-state index in [0.29, 0.717) is 0 Å². The van der Waals surface area contributed by atoms with Gasteiger partial charge in [-0.15, -0.1) is 6.58 Å². The van der Waals surface area contributed by atoms with Crippen molar-refractivity contribution in [1.82, 2.24) is 0 Å². The highest BCUT2D eigenvalue weighted by molar-refractivity contribution is 5.25. The third-order valence-electron chi connectivity index (χ3n) is 0.897. The Balaban J connectivity index is 3.56. The van der Waals surface area contributed by atoms with Gasteiger partial charge in [0, 0.05) is 0 Å². The molecule has 0 fully saturated rings. The minimum Gasteiger partial charge on any atom is -0.103 e. The van der Waals surface area contributed by atoms with E-state index >= 15 is 0 Å². The molecule has 0 aromatic carbocycles. The molecule has 0 nitrogen and oxygen atoms in total. The zero-order chi connectivity index (χ0) is 7.11. The molecular formula is C9H12. The first-order valence-electron chi connectivity index (χ1n) is 2.90. The van der Waals surface area contributed by atoms with Crippen LogP contribution in [0.5, 0.6) is 0 Å². The Morgan fingerprint density at radius 1 is 1.33 bits per heavy atom. The molecule has 0 radical (unpaired) electrons. The molecule has 0 saturated carbocycles. The summed E-state index contributed by atoms with van der Waals surface area (Å²) in [4.78, 5) is 0. The van der Waals surface area contributed by atoms with E-state index in [1.54, 1.807) is 6.08 Å². The lowest BCUT2D eigenvalue weighted by atomic mass is 10.2. The smallest absolute Gasteiger partial charge is 0.0169 e. The van der Waals surface area contributed by atoms with Crippen molar-refractivity contribution >= 4 is 0 Å². The van der Waals surface area contributed by atoms with Gasteiger partial charge in [-0.1, -0.05) is 37.5 Å². The van der Waals surface area contributed by atoms with Crippen LogP contribution < -0.4 is 0 Å². The molecule has 0 rings (SSSR count). The third kappa shape index (κ3) is 4.82. The van der Waals surface area contributed by atoms with Crippen molar-refractivity contribution in [2.75, 3.05) is 0 Å². The van der Waals surface area contributed by atoms with Crippen LogP contribution in [0.3, 0.4) is 0 Å². The SMILES string of the molecule is C=CC/C=C\C(=C)C=C. The highest BCUT2D eigenvalue weighted by Gasteiger charge is 1.73. The van der Waals surface area contributed by atoms with Crippen LogP contribution in [0.2, 0.25) is 0 Å². The quantitative estimate of drug-likeness (QED) is 0.395. The minimum absolute atomic E-state index is 0.896. The van der Waals surface area contributed by atoms with Crippen LogP contribution >= 0.6 is 0 Å². The van der Waals surface area contributed by atoms with Gasteiger partial charge in [0.25, 0.3) is 0 Å². The van der Waals surface area contributed by atoms with Gasteiger partial charge in [-0.25, -0.2) is 0 Å². The Hall–Kier alpha value is -1.04. The molecule has 0 bridgehead atoms. The van der Waals surface area contributed by atoms with Crippen LogP contribution in [-0.4, -0.2) is 0 Å². The first kappa shape index (κ1) is 7.96. The monoisotopic (exact) mass is 120 g/mol. The molecule has 0 spiro atoms. The fourth-order valence-electron chi connectivity index (χ4n) is 0.384. The summed E-state index contributed by atoms with van der Waals surface area (Å²) in [5, 5.41) is 0. The van der Waals surface area contributed by atoms with E-state index in [4.69, 9.17) is 0 Å². The van der Waals surface area contributed by atoms with Crippen molar-refractivity contribution in [3.8, 4) is 0 Å². The summed E-state index contributed by atoms with van der Waals surface area (Å²) in [6.45, 7) is 10.8. The van der Waals surface area contributed by atoms with Crippen LogP contribution in [0, 0.1) is 0 Å². The van der Waals surface area contributed by atoms with Gasteiger partial charge in [-0.05, 0) is 12.0 Å². The van der Waals surface area contributed by atoms with E-state index in [9.17, 15) is 0 Å². The molecular weight excluding hydrogens is 108 g/mol. The van der Waals surface area contributed by atoms with E-state index in [1.165, 1.54) is 0 Å². The molecule has 48 valence electrons. The topological polar surface area (TPSA) is 0 Å². The molecule has 0 N–H and O–H groups in total. The highest BCUT2D eigenvalue weighted by Crippen LogP contribution is 1.94. The second-order valence-electron chi connectivity index (χ2n) is 1.71. The Bertz CT molecular complexity index is 138. The average Bonchev–Trinajstić information content (AvgIpc) is 1.89. The fraction of sp³-hybridized carbons (Fsp3) is 0.111. The van der Waals surface area contributed by atoms with Gasteiger partial charge >= 0.3 is 0 Å². The van der Waals surface area contributed by atoms with Crippen molar-refractivity contribution in [1.29, 1.82) is 0 Å². The minimum atomic E-state index is 0.896. The van der Waals surface area contributed by atoms with E-state index in [2.05, 4.69) is 19.7 Å². The summed E-state index contributed by atoms with van der Waals surface area (Å²) in [6, 6.07) is 0. The molecule has 0 aliphatic carbocycles. The number of hydrogen-bond donors (Lipinski definition) is 0. The summed E-state index contributed by atoms with van der Waals surface area (Å²) in [5.41, 5.74) is 0.942. The summed E-state index contributed by atoms with van der Waals surface area (Å²) in [7, 11) is 0. The first-order chi connectivity index (χ1) is 4.31. The van der Waals surface area contributed by atoms with Crippen molar-refractivity contribution in [3.63, 3.8) is 0 Å². The zero-order valence-electron chi connectivity index (χ0n) is 5.64. The van der Waals surface area contributed by atoms with Gasteiger partial charge in [0.2, 0.25) is 0 Å². The average molecular weight is 120 g/mol. The lowest BCUT2D eigenvalue weighted by molar-refractivity contribution is 1.40. The van der Waals surface area contributed by atoms with Gasteiger partial charge < -0.3 is 0 Å². The summed E-state index contributed by atoms with van der Waals surface area (Å²) < 4.78 is 0. The number of allylic oxidation sites excluding steroid dienone is 5. The lowest BCUT2D eigenvalue weighted by Gasteiger charge is -1.83.